The van der Waals surface area contributed by atoms with Crippen LogP contribution in [-0.2, 0) is 11.3 Å². The van der Waals surface area contributed by atoms with Crippen LogP contribution >= 0.6 is 0 Å². The van der Waals surface area contributed by atoms with Crippen molar-refractivity contribution < 1.29 is 27.8 Å². The summed E-state index contributed by atoms with van der Waals surface area (Å²) in [4.78, 5) is 13.6. The molecule has 1 amide bonds. The first-order valence-electron chi connectivity index (χ1n) is 6.93. The van der Waals surface area contributed by atoms with Crippen LogP contribution < -0.4 is 0 Å². The molecule has 22 heavy (non-hydrogen) atoms. The van der Waals surface area contributed by atoms with E-state index in [9.17, 15) is 23.1 Å². The first kappa shape index (κ1) is 16.8. The van der Waals surface area contributed by atoms with E-state index in [-0.39, 0.29) is 19.0 Å². The number of methoxy groups -OCH3 is 1. The second-order valence-corrected chi connectivity index (χ2v) is 5.45. The van der Waals surface area contributed by atoms with Crippen molar-refractivity contribution in [1.82, 2.24) is 4.90 Å². The average Bonchev–Trinajstić information content (AvgIpc) is 2.47. The van der Waals surface area contributed by atoms with Gasteiger partial charge in [-0.1, -0.05) is 12.1 Å². The molecule has 1 heterocycles. The van der Waals surface area contributed by atoms with Gasteiger partial charge in [0.25, 0.3) is 5.91 Å². The highest BCUT2D eigenvalue weighted by molar-refractivity contribution is 5.94. The number of likely N-dealkylation sites (tertiary alicyclic amines) is 1. The van der Waals surface area contributed by atoms with Crippen LogP contribution in [0.15, 0.2) is 24.3 Å². The van der Waals surface area contributed by atoms with E-state index in [0.29, 0.717) is 12.2 Å². The first-order chi connectivity index (χ1) is 10.3. The predicted molar refractivity (Wildman–Crippen MR) is 73.3 cm³/mol. The van der Waals surface area contributed by atoms with E-state index in [1.54, 1.807) is 31.4 Å². The first-order valence-corrected chi connectivity index (χ1v) is 6.93. The molecule has 4 nitrogen and oxygen atoms in total. The highest BCUT2D eigenvalue weighted by Crippen LogP contribution is 2.38. The zero-order valence-electron chi connectivity index (χ0n) is 12.2. The molecule has 1 fully saturated rings. The van der Waals surface area contributed by atoms with Gasteiger partial charge < -0.3 is 14.7 Å². The number of halogens is 3. The molecule has 0 atom stereocenters. The van der Waals surface area contributed by atoms with Gasteiger partial charge in [-0.3, -0.25) is 4.79 Å². The summed E-state index contributed by atoms with van der Waals surface area (Å²) < 4.78 is 43.2. The standard InChI is InChI=1S/C15H18F3NO3/c1-22-10-11-2-4-12(5-3-11)13(20)19-8-6-14(21,7-9-19)15(16,17)18/h2-5,21H,6-10H2,1H3. The fraction of sp³-hybridized carbons (Fsp3) is 0.533. The Balaban J connectivity index is 2.00. The summed E-state index contributed by atoms with van der Waals surface area (Å²) in [6.45, 7) is 0.195. The van der Waals surface area contributed by atoms with Crippen LogP contribution in [0, 0.1) is 0 Å². The molecular weight excluding hydrogens is 299 g/mol. The number of rotatable bonds is 3. The molecule has 1 aromatic rings. The van der Waals surface area contributed by atoms with Crippen molar-refractivity contribution in [2.24, 2.45) is 0 Å². The van der Waals surface area contributed by atoms with Crippen LogP contribution in [0.5, 0.6) is 0 Å². The normalized spacial score (nSPS) is 18.3. The number of amides is 1. The van der Waals surface area contributed by atoms with Crippen molar-refractivity contribution in [3.63, 3.8) is 0 Å². The maximum Gasteiger partial charge on any atom is 0.417 e. The lowest BCUT2D eigenvalue weighted by atomic mass is 9.90. The van der Waals surface area contributed by atoms with Crippen LogP contribution in [0.25, 0.3) is 0 Å². The predicted octanol–water partition coefficient (Wildman–Crippen LogP) is 2.36. The van der Waals surface area contributed by atoms with Crippen molar-refractivity contribution in [3.05, 3.63) is 35.4 Å². The SMILES string of the molecule is COCc1ccc(C(=O)N2CCC(O)(C(F)(F)F)CC2)cc1. The molecule has 122 valence electrons. The summed E-state index contributed by atoms with van der Waals surface area (Å²) in [6.07, 6.45) is -5.65. The Morgan fingerprint density at radius 3 is 2.27 bits per heavy atom. The lowest BCUT2D eigenvalue weighted by Gasteiger charge is -2.39. The van der Waals surface area contributed by atoms with Gasteiger partial charge in [0.05, 0.1) is 6.61 Å². The summed E-state index contributed by atoms with van der Waals surface area (Å²) in [5.41, 5.74) is -1.37. The number of piperidine rings is 1. The van der Waals surface area contributed by atoms with Crippen molar-refractivity contribution in [2.45, 2.75) is 31.2 Å². The lowest BCUT2D eigenvalue weighted by Crippen LogP contribution is -2.54. The third-order valence-electron chi connectivity index (χ3n) is 3.92. The Labute approximate surface area is 126 Å². The topological polar surface area (TPSA) is 49.8 Å². The largest absolute Gasteiger partial charge is 0.417 e. The van der Waals surface area contributed by atoms with E-state index < -0.39 is 24.6 Å². The molecule has 0 bridgehead atoms. The minimum atomic E-state index is -4.66. The number of ether oxygens (including phenoxy) is 1. The molecule has 0 aromatic heterocycles. The molecular formula is C15H18F3NO3. The second-order valence-electron chi connectivity index (χ2n) is 5.45. The minimum absolute atomic E-state index is 0.116. The van der Waals surface area contributed by atoms with Crippen molar-refractivity contribution >= 4 is 5.91 Å². The van der Waals surface area contributed by atoms with Gasteiger partial charge in [-0.15, -0.1) is 0 Å². The van der Waals surface area contributed by atoms with Gasteiger partial charge in [-0.05, 0) is 17.7 Å². The third kappa shape index (κ3) is 3.41. The molecule has 0 unspecified atom stereocenters. The molecule has 0 saturated carbocycles. The number of carbonyl (C=O) groups excluding carboxylic acids is 1. The highest BCUT2D eigenvalue weighted by atomic mass is 19.4. The van der Waals surface area contributed by atoms with Crippen LogP contribution in [0.3, 0.4) is 0 Å². The molecule has 2 rings (SSSR count). The van der Waals surface area contributed by atoms with Crippen molar-refractivity contribution in [2.75, 3.05) is 20.2 Å². The molecule has 1 aliphatic rings. The van der Waals surface area contributed by atoms with Crippen molar-refractivity contribution in [3.8, 4) is 0 Å². The van der Waals surface area contributed by atoms with Crippen LogP contribution in [0.4, 0.5) is 13.2 Å². The summed E-state index contributed by atoms with van der Waals surface area (Å²) in [5.74, 6) is -0.326. The smallest absolute Gasteiger partial charge is 0.380 e. The zero-order chi connectivity index (χ0) is 16.4. The maximum absolute atomic E-state index is 12.7. The van der Waals surface area contributed by atoms with Gasteiger partial charge in [0.2, 0.25) is 0 Å². The highest BCUT2D eigenvalue weighted by Gasteiger charge is 2.54. The number of hydrogen-bond donors (Lipinski definition) is 1. The van der Waals surface area contributed by atoms with E-state index >= 15 is 0 Å². The van der Waals surface area contributed by atoms with Gasteiger partial charge in [0.15, 0.2) is 5.60 Å². The molecule has 1 aliphatic heterocycles. The molecule has 0 aliphatic carbocycles. The summed E-state index contributed by atoms with van der Waals surface area (Å²) >= 11 is 0. The van der Waals surface area contributed by atoms with Gasteiger partial charge in [0, 0.05) is 38.6 Å². The summed E-state index contributed by atoms with van der Waals surface area (Å²) in [7, 11) is 1.56. The molecule has 1 N–H and O–H groups in total. The number of aliphatic hydroxyl groups is 1. The van der Waals surface area contributed by atoms with Crippen LogP contribution in [-0.4, -0.2) is 47.9 Å². The third-order valence-corrected chi connectivity index (χ3v) is 3.92. The van der Waals surface area contributed by atoms with E-state index in [1.165, 1.54) is 4.90 Å². The van der Waals surface area contributed by atoms with Gasteiger partial charge >= 0.3 is 6.18 Å². The monoisotopic (exact) mass is 317 g/mol. The molecule has 7 heteroatoms. The number of carbonyl (C=O) groups is 1. The zero-order valence-corrected chi connectivity index (χ0v) is 12.2. The average molecular weight is 317 g/mol. The Hall–Kier alpha value is -1.60. The second kappa shape index (κ2) is 6.26. The molecule has 0 radical (unpaired) electrons. The summed E-state index contributed by atoms with van der Waals surface area (Å²) in [6, 6.07) is 6.74. The Bertz CT molecular complexity index is 520. The minimum Gasteiger partial charge on any atom is -0.380 e. The van der Waals surface area contributed by atoms with Crippen LogP contribution in [0.2, 0.25) is 0 Å². The molecule has 1 saturated heterocycles. The Morgan fingerprint density at radius 2 is 1.82 bits per heavy atom. The number of nitrogens with zero attached hydrogens (tertiary/aromatic N) is 1. The van der Waals surface area contributed by atoms with Gasteiger partial charge in [-0.25, -0.2) is 0 Å². The number of alkyl halides is 3. The van der Waals surface area contributed by atoms with E-state index in [2.05, 4.69) is 0 Å². The van der Waals surface area contributed by atoms with E-state index in [0.717, 1.165) is 5.56 Å². The van der Waals surface area contributed by atoms with Gasteiger partial charge in [-0.2, -0.15) is 13.2 Å². The van der Waals surface area contributed by atoms with E-state index in [1.807, 2.05) is 0 Å². The fourth-order valence-corrected chi connectivity index (χ4v) is 2.46. The van der Waals surface area contributed by atoms with Gasteiger partial charge in [0.1, 0.15) is 0 Å². The fourth-order valence-electron chi connectivity index (χ4n) is 2.46. The van der Waals surface area contributed by atoms with Crippen LogP contribution in [0.1, 0.15) is 28.8 Å². The van der Waals surface area contributed by atoms with E-state index in [4.69, 9.17) is 4.74 Å². The molecule has 1 aromatic carbocycles. The lowest BCUT2D eigenvalue weighted by molar-refractivity contribution is -0.271. The number of hydrogen-bond acceptors (Lipinski definition) is 3. The molecule has 0 spiro atoms. The quantitative estimate of drug-likeness (QED) is 0.931. The number of benzene rings is 1. The summed E-state index contributed by atoms with van der Waals surface area (Å²) in [5, 5.41) is 9.60. The van der Waals surface area contributed by atoms with Crippen molar-refractivity contribution in [1.29, 1.82) is 0 Å². The Morgan fingerprint density at radius 1 is 1.27 bits per heavy atom. The Kier molecular flexibility index (Phi) is 4.77. The maximum atomic E-state index is 12.7.